The number of nitrogens with zero attached hydrogens (tertiary/aromatic N) is 1. The SMILES string of the molecule is CCOC(=O)Cc1c(I)ncc(OC(F)(F)F)c1C(F)(F)F. The molecule has 0 bridgehead atoms. The third-order valence-corrected chi connectivity index (χ3v) is 3.16. The van der Waals surface area contributed by atoms with Gasteiger partial charge < -0.3 is 9.47 Å². The van der Waals surface area contributed by atoms with Crippen LogP contribution in [0.5, 0.6) is 5.75 Å². The Morgan fingerprint density at radius 2 is 1.86 bits per heavy atom. The zero-order valence-electron chi connectivity index (χ0n) is 10.8. The molecule has 1 heterocycles. The number of aromatic nitrogens is 1. The van der Waals surface area contributed by atoms with Crippen LogP contribution in [-0.4, -0.2) is 23.9 Å². The van der Waals surface area contributed by atoms with E-state index in [1.54, 1.807) is 0 Å². The van der Waals surface area contributed by atoms with E-state index in [1.165, 1.54) is 29.5 Å². The molecule has 0 aliphatic rings. The van der Waals surface area contributed by atoms with Gasteiger partial charge in [-0.3, -0.25) is 4.79 Å². The van der Waals surface area contributed by atoms with Crippen LogP contribution in [0.2, 0.25) is 0 Å². The lowest BCUT2D eigenvalue weighted by Gasteiger charge is -2.18. The maximum absolute atomic E-state index is 13.1. The molecule has 0 saturated heterocycles. The fourth-order valence-corrected chi connectivity index (χ4v) is 2.14. The first-order valence-electron chi connectivity index (χ1n) is 5.61. The molecule has 0 amide bonds. The highest BCUT2D eigenvalue weighted by atomic mass is 127. The number of alkyl halides is 6. The minimum Gasteiger partial charge on any atom is -0.466 e. The summed E-state index contributed by atoms with van der Waals surface area (Å²) < 4.78 is 83.4. The normalized spacial score (nSPS) is 12.2. The summed E-state index contributed by atoms with van der Waals surface area (Å²) in [6, 6.07) is 0. The van der Waals surface area contributed by atoms with Crippen molar-refractivity contribution in [3.63, 3.8) is 0 Å². The van der Waals surface area contributed by atoms with Gasteiger partial charge in [-0.25, -0.2) is 4.98 Å². The van der Waals surface area contributed by atoms with Crippen molar-refractivity contribution >= 4 is 28.6 Å². The van der Waals surface area contributed by atoms with Crippen LogP contribution in [0.4, 0.5) is 26.3 Å². The second-order valence-electron chi connectivity index (χ2n) is 3.79. The van der Waals surface area contributed by atoms with Crippen molar-refractivity contribution in [2.24, 2.45) is 0 Å². The molecule has 0 saturated carbocycles. The highest BCUT2D eigenvalue weighted by Crippen LogP contribution is 2.41. The molecule has 0 atom stereocenters. The maximum Gasteiger partial charge on any atom is 0.573 e. The smallest absolute Gasteiger partial charge is 0.466 e. The number of carbonyl (C=O) groups is 1. The van der Waals surface area contributed by atoms with Gasteiger partial charge in [-0.2, -0.15) is 13.2 Å². The molecule has 0 fully saturated rings. The summed E-state index contributed by atoms with van der Waals surface area (Å²) in [6.45, 7) is 1.36. The number of pyridine rings is 1. The van der Waals surface area contributed by atoms with Crippen LogP contribution < -0.4 is 4.74 Å². The molecule has 4 nitrogen and oxygen atoms in total. The van der Waals surface area contributed by atoms with Gasteiger partial charge in [-0.1, -0.05) is 0 Å². The molecular formula is C11H8F6INO3. The Bertz CT molecular complexity index is 558. The topological polar surface area (TPSA) is 48.4 Å². The number of hydrogen-bond donors (Lipinski definition) is 0. The van der Waals surface area contributed by atoms with E-state index >= 15 is 0 Å². The Balaban J connectivity index is 3.40. The second-order valence-corrected chi connectivity index (χ2v) is 4.82. The largest absolute Gasteiger partial charge is 0.573 e. The first kappa shape index (κ1) is 18.8. The third kappa shape index (κ3) is 5.18. The van der Waals surface area contributed by atoms with Crippen molar-refractivity contribution in [2.45, 2.75) is 25.9 Å². The average Bonchev–Trinajstić information content (AvgIpc) is 2.30. The molecule has 11 heteroatoms. The fourth-order valence-electron chi connectivity index (χ4n) is 1.54. The summed E-state index contributed by atoms with van der Waals surface area (Å²) >= 11 is 1.39. The molecule has 0 aromatic carbocycles. The van der Waals surface area contributed by atoms with Crippen LogP contribution in [0.3, 0.4) is 0 Å². The van der Waals surface area contributed by atoms with Gasteiger partial charge >= 0.3 is 18.5 Å². The van der Waals surface area contributed by atoms with Crippen molar-refractivity contribution in [3.05, 3.63) is 21.0 Å². The Morgan fingerprint density at radius 1 is 1.27 bits per heavy atom. The van der Waals surface area contributed by atoms with Gasteiger partial charge in [0.05, 0.1) is 19.2 Å². The molecule has 0 N–H and O–H groups in total. The summed E-state index contributed by atoms with van der Waals surface area (Å²) in [5, 5.41) is 0. The third-order valence-electron chi connectivity index (χ3n) is 2.23. The summed E-state index contributed by atoms with van der Waals surface area (Å²) in [5.74, 6) is -2.53. The highest BCUT2D eigenvalue weighted by molar-refractivity contribution is 14.1. The Labute approximate surface area is 133 Å². The molecule has 1 aromatic rings. The quantitative estimate of drug-likeness (QED) is 0.308. The van der Waals surface area contributed by atoms with Gasteiger partial charge in [0.1, 0.15) is 9.26 Å². The van der Waals surface area contributed by atoms with Crippen molar-refractivity contribution in [3.8, 4) is 5.75 Å². The maximum atomic E-state index is 13.1. The monoisotopic (exact) mass is 443 g/mol. The van der Waals surface area contributed by atoms with Crippen LogP contribution in [-0.2, 0) is 22.1 Å². The Kier molecular flexibility index (Phi) is 5.87. The number of carbonyl (C=O) groups excluding carboxylic acids is 1. The van der Waals surface area contributed by atoms with Crippen LogP contribution >= 0.6 is 22.6 Å². The predicted octanol–water partition coefficient (Wildman–Crippen LogP) is 3.71. The molecule has 0 aliphatic heterocycles. The van der Waals surface area contributed by atoms with E-state index in [-0.39, 0.29) is 10.3 Å². The minimum atomic E-state index is -5.32. The number of esters is 1. The van der Waals surface area contributed by atoms with E-state index in [9.17, 15) is 31.1 Å². The number of rotatable bonds is 4. The Morgan fingerprint density at radius 3 is 2.32 bits per heavy atom. The van der Waals surface area contributed by atoms with Gasteiger partial charge in [0.15, 0.2) is 5.75 Å². The predicted molar refractivity (Wildman–Crippen MR) is 69.0 cm³/mol. The lowest BCUT2D eigenvalue weighted by molar-refractivity contribution is -0.276. The molecule has 22 heavy (non-hydrogen) atoms. The van der Waals surface area contributed by atoms with Crippen molar-refractivity contribution in [1.29, 1.82) is 0 Å². The molecule has 1 rings (SSSR count). The molecule has 124 valence electrons. The van der Waals surface area contributed by atoms with E-state index in [1.807, 2.05) is 0 Å². The highest BCUT2D eigenvalue weighted by Gasteiger charge is 2.42. The van der Waals surface area contributed by atoms with Gasteiger partial charge in [-0.15, -0.1) is 13.2 Å². The standard InChI is InChI=1S/C11H8F6INO3/c1-2-21-7(20)3-5-8(10(12,13)14)6(4-19-9(5)18)22-11(15,16)17/h4H,2-3H2,1H3. The van der Waals surface area contributed by atoms with Gasteiger partial charge in [-0.05, 0) is 29.5 Å². The molecule has 0 unspecified atom stereocenters. The van der Waals surface area contributed by atoms with Crippen molar-refractivity contribution in [1.82, 2.24) is 4.98 Å². The van der Waals surface area contributed by atoms with E-state index in [0.717, 1.165) is 0 Å². The van der Waals surface area contributed by atoms with Crippen LogP contribution in [0, 0.1) is 3.70 Å². The first-order chi connectivity index (χ1) is 9.95. The molecule has 0 spiro atoms. The summed E-state index contributed by atoms with van der Waals surface area (Å²) in [5.41, 5.74) is -2.43. The van der Waals surface area contributed by atoms with Crippen LogP contribution in [0.15, 0.2) is 6.20 Å². The summed E-state index contributed by atoms with van der Waals surface area (Å²) in [7, 11) is 0. The number of halogens is 7. The lowest BCUT2D eigenvalue weighted by atomic mass is 10.1. The van der Waals surface area contributed by atoms with E-state index in [0.29, 0.717) is 6.20 Å². The van der Waals surface area contributed by atoms with Crippen molar-refractivity contribution in [2.75, 3.05) is 6.61 Å². The molecule has 0 aliphatic carbocycles. The minimum absolute atomic E-state index is 0.0804. The Hall–Kier alpha value is -1.27. The zero-order chi connectivity index (χ0) is 17.1. The molecule has 0 radical (unpaired) electrons. The van der Waals surface area contributed by atoms with E-state index in [4.69, 9.17) is 0 Å². The number of hydrogen-bond acceptors (Lipinski definition) is 4. The molecule has 1 aromatic heterocycles. The first-order valence-corrected chi connectivity index (χ1v) is 6.69. The fraction of sp³-hybridized carbons (Fsp3) is 0.455. The van der Waals surface area contributed by atoms with Gasteiger partial charge in [0.2, 0.25) is 0 Å². The number of ether oxygens (including phenoxy) is 2. The van der Waals surface area contributed by atoms with Crippen LogP contribution in [0.25, 0.3) is 0 Å². The lowest BCUT2D eigenvalue weighted by Crippen LogP contribution is -2.23. The van der Waals surface area contributed by atoms with E-state index < -0.39 is 41.8 Å². The van der Waals surface area contributed by atoms with Gasteiger partial charge in [0, 0.05) is 5.56 Å². The average molecular weight is 443 g/mol. The summed E-state index contributed by atoms with van der Waals surface area (Å²) in [4.78, 5) is 14.8. The van der Waals surface area contributed by atoms with Crippen LogP contribution in [0.1, 0.15) is 18.1 Å². The zero-order valence-corrected chi connectivity index (χ0v) is 13.0. The molecular weight excluding hydrogens is 435 g/mol. The van der Waals surface area contributed by atoms with Gasteiger partial charge in [0.25, 0.3) is 0 Å². The second kappa shape index (κ2) is 6.87. The van der Waals surface area contributed by atoms with Crippen molar-refractivity contribution < 1.29 is 40.6 Å². The van der Waals surface area contributed by atoms with E-state index in [2.05, 4.69) is 14.5 Å². The summed E-state index contributed by atoms with van der Waals surface area (Å²) in [6.07, 6.45) is -11.0.